The predicted octanol–water partition coefficient (Wildman–Crippen LogP) is 2.91. The van der Waals surface area contributed by atoms with Crippen molar-refractivity contribution in [2.45, 2.75) is 37.6 Å². The summed E-state index contributed by atoms with van der Waals surface area (Å²) in [6, 6.07) is 8.37. The quantitative estimate of drug-likeness (QED) is 0.252. The zero-order chi connectivity index (χ0) is 29.0. The fourth-order valence-electron chi connectivity index (χ4n) is 3.64. The van der Waals surface area contributed by atoms with Crippen molar-refractivity contribution in [1.29, 1.82) is 0 Å². The summed E-state index contributed by atoms with van der Waals surface area (Å²) in [6.45, 7) is -2.59. The first-order chi connectivity index (χ1) is 18.2. The average Bonchev–Trinajstić information content (AvgIpc) is 3.15. The van der Waals surface area contributed by atoms with E-state index in [1.165, 1.54) is 30.3 Å². The van der Waals surface area contributed by atoms with Crippen molar-refractivity contribution in [3.05, 3.63) is 75.2 Å². The molecule has 2 amide bonds. The fourth-order valence-corrected chi connectivity index (χ4v) is 3.76. The van der Waals surface area contributed by atoms with Gasteiger partial charge in [-0.1, -0.05) is 29.8 Å². The number of halogens is 7. The van der Waals surface area contributed by atoms with Crippen LogP contribution in [-0.4, -0.2) is 50.6 Å². The molecule has 0 spiro atoms. The number of amides is 2. The largest absolute Gasteiger partial charge is 0.416 e. The van der Waals surface area contributed by atoms with Gasteiger partial charge in [0.2, 0.25) is 12.3 Å². The molecule has 0 bridgehead atoms. The smallest absolute Gasteiger partial charge is 0.382 e. The summed E-state index contributed by atoms with van der Waals surface area (Å²) in [5.74, 6) is -1.36. The zero-order valence-corrected chi connectivity index (χ0v) is 20.4. The lowest BCUT2D eigenvalue weighted by Crippen LogP contribution is -2.41. The molecule has 3 N–H and O–H groups in total. The lowest BCUT2D eigenvalue weighted by Gasteiger charge is -2.22. The Hall–Kier alpha value is -3.85. The summed E-state index contributed by atoms with van der Waals surface area (Å²) in [4.78, 5) is 36.5. The van der Waals surface area contributed by atoms with Gasteiger partial charge in [0.25, 0.3) is 0 Å². The third-order valence-electron chi connectivity index (χ3n) is 5.43. The van der Waals surface area contributed by atoms with Gasteiger partial charge in [0.1, 0.15) is 6.54 Å². The standard InChI is InChI=1S/C23H20ClF6N5O4/c24-14-7-5-13(6-8-14)20-33-35(21(39)34(20)10-18(37)23(28,29)30)11-19(38)32-17(9-31-12-36)15-3-1-2-4-16(15)22(25,26)27/h1-8,12,17-18,37H,9-11H2,(H,31,36)(H,32,38)/t17?,18-/m0/s1. The molecule has 16 heteroatoms. The van der Waals surface area contributed by atoms with Crippen LogP contribution >= 0.6 is 11.6 Å². The molecule has 0 aliphatic rings. The monoisotopic (exact) mass is 579 g/mol. The van der Waals surface area contributed by atoms with Crippen molar-refractivity contribution in [2.24, 2.45) is 0 Å². The molecule has 2 atom stereocenters. The van der Waals surface area contributed by atoms with E-state index < -0.39 is 61.3 Å². The number of aliphatic hydroxyl groups excluding tert-OH is 1. The van der Waals surface area contributed by atoms with Crippen molar-refractivity contribution in [3.8, 4) is 11.4 Å². The van der Waals surface area contributed by atoms with Crippen LogP contribution in [0.25, 0.3) is 11.4 Å². The molecular weight excluding hydrogens is 560 g/mol. The van der Waals surface area contributed by atoms with Crippen LogP contribution in [0, 0.1) is 0 Å². The normalized spacial score (nSPS) is 13.5. The summed E-state index contributed by atoms with van der Waals surface area (Å²) in [7, 11) is 0. The number of rotatable bonds is 10. The second-order valence-electron chi connectivity index (χ2n) is 8.17. The molecule has 1 unspecified atom stereocenters. The molecule has 9 nitrogen and oxygen atoms in total. The van der Waals surface area contributed by atoms with Gasteiger partial charge < -0.3 is 15.7 Å². The van der Waals surface area contributed by atoms with Crippen molar-refractivity contribution in [2.75, 3.05) is 6.54 Å². The van der Waals surface area contributed by atoms with Gasteiger partial charge in [-0.3, -0.25) is 14.2 Å². The summed E-state index contributed by atoms with van der Waals surface area (Å²) in [5, 5.41) is 18.2. The lowest BCUT2D eigenvalue weighted by atomic mass is 9.99. The highest BCUT2D eigenvalue weighted by atomic mass is 35.5. The number of aromatic nitrogens is 3. The number of alkyl halides is 6. The first kappa shape index (κ1) is 29.7. The SMILES string of the molecule is O=CNCC(NC(=O)Cn1nc(-c2ccc(Cl)cc2)n(C[C@H](O)C(F)(F)F)c1=O)c1ccccc1C(F)(F)F. The molecule has 1 heterocycles. The van der Waals surface area contributed by atoms with Gasteiger partial charge in [-0.15, -0.1) is 5.10 Å². The number of hydrogen-bond donors (Lipinski definition) is 3. The zero-order valence-electron chi connectivity index (χ0n) is 19.6. The van der Waals surface area contributed by atoms with Crippen LogP contribution in [-0.2, 0) is 28.9 Å². The second kappa shape index (κ2) is 11.9. The van der Waals surface area contributed by atoms with Gasteiger partial charge in [0.05, 0.1) is 18.2 Å². The van der Waals surface area contributed by atoms with E-state index in [-0.39, 0.29) is 28.4 Å². The van der Waals surface area contributed by atoms with Gasteiger partial charge in [0.15, 0.2) is 11.9 Å². The lowest BCUT2D eigenvalue weighted by molar-refractivity contribution is -0.207. The molecule has 0 radical (unpaired) electrons. The Morgan fingerprint density at radius 3 is 2.31 bits per heavy atom. The number of nitrogens with one attached hydrogen (secondary N) is 2. The van der Waals surface area contributed by atoms with Crippen molar-refractivity contribution in [3.63, 3.8) is 0 Å². The van der Waals surface area contributed by atoms with Crippen LogP contribution in [0.3, 0.4) is 0 Å². The van der Waals surface area contributed by atoms with E-state index in [0.29, 0.717) is 9.25 Å². The minimum absolute atomic E-state index is 0.136. The molecule has 1 aromatic heterocycles. The third-order valence-corrected chi connectivity index (χ3v) is 5.69. The maximum atomic E-state index is 13.5. The highest BCUT2D eigenvalue weighted by Gasteiger charge is 2.39. The molecule has 0 aliphatic carbocycles. The van der Waals surface area contributed by atoms with Crippen LogP contribution < -0.4 is 16.3 Å². The van der Waals surface area contributed by atoms with Crippen LogP contribution in [0.4, 0.5) is 26.3 Å². The summed E-state index contributed by atoms with van der Waals surface area (Å²) >= 11 is 5.83. The summed E-state index contributed by atoms with van der Waals surface area (Å²) < 4.78 is 80.6. The third kappa shape index (κ3) is 7.38. The molecule has 0 fully saturated rings. The van der Waals surface area contributed by atoms with Crippen molar-refractivity contribution < 1.29 is 41.0 Å². The number of aliphatic hydroxyl groups is 1. The number of benzene rings is 2. The number of carbonyl (C=O) groups excluding carboxylic acids is 2. The number of nitrogens with zero attached hydrogens (tertiary/aromatic N) is 3. The van der Waals surface area contributed by atoms with Crippen LogP contribution in [0.2, 0.25) is 5.02 Å². The fraction of sp³-hybridized carbons (Fsp3) is 0.304. The Bertz CT molecular complexity index is 1370. The predicted molar refractivity (Wildman–Crippen MR) is 125 cm³/mol. The van der Waals surface area contributed by atoms with Crippen LogP contribution in [0.1, 0.15) is 17.2 Å². The Morgan fingerprint density at radius 2 is 1.72 bits per heavy atom. The van der Waals surface area contributed by atoms with Gasteiger partial charge >= 0.3 is 18.0 Å². The molecule has 210 valence electrons. The topological polar surface area (TPSA) is 118 Å². The van der Waals surface area contributed by atoms with Crippen molar-refractivity contribution in [1.82, 2.24) is 25.0 Å². The van der Waals surface area contributed by atoms with Gasteiger partial charge in [-0.2, -0.15) is 26.3 Å². The van der Waals surface area contributed by atoms with E-state index in [9.17, 15) is 45.8 Å². The molecule has 0 saturated heterocycles. The summed E-state index contributed by atoms with van der Waals surface area (Å²) in [5.41, 5.74) is -2.51. The molecule has 0 saturated carbocycles. The maximum absolute atomic E-state index is 13.5. The maximum Gasteiger partial charge on any atom is 0.416 e. The Labute approximate surface area is 221 Å². The Morgan fingerprint density at radius 1 is 1.08 bits per heavy atom. The Kier molecular flexibility index (Phi) is 9.07. The van der Waals surface area contributed by atoms with Gasteiger partial charge in [-0.25, -0.2) is 9.48 Å². The highest BCUT2D eigenvalue weighted by molar-refractivity contribution is 6.30. The number of carbonyl (C=O) groups is 2. The molecule has 3 rings (SSSR count). The van der Waals surface area contributed by atoms with E-state index in [1.807, 2.05) is 0 Å². The second-order valence-corrected chi connectivity index (χ2v) is 8.61. The van der Waals surface area contributed by atoms with E-state index in [1.54, 1.807) is 0 Å². The molecule has 2 aromatic carbocycles. The average molecular weight is 580 g/mol. The molecule has 3 aromatic rings. The number of hydrogen-bond acceptors (Lipinski definition) is 5. The van der Waals surface area contributed by atoms with E-state index in [4.69, 9.17) is 11.6 Å². The highest BCUT2D eigenvalue weighted by Crippen LogP contribution is 2.34. The van der Waals surface area contributed by atoms with Crippen LogP contribution in [0.5, 0.6) is 0 Å². The van der Waals surface area contributed by atoms with E-state index >= 15 is 0 Å². The van der Waals surface area contributed by atoms with Gasteiger partial charge in [0, 0.05) is 17.1 Å². The minimum Gasteiger partial charge on any atom is -0.382 e. The Balaban J connectivity index is 1.95. The first-order valence-corrected chi connectivity index (χ1v) is 11.4. The molecule has 39 heavy (non-hydrogen) atoms. The molecule has 0 aliphatic heterocycles. The van der Waals surface area contributed by atoms with Gasteiger partial charge in [-0.05, 0) is 35.9 Å². The summed E-state index contributed by atoms with van der Waals surface area (Å²) in [6.07, 6.45) is -12.6. The van der Waals surface area contributed by atoms with E-state index in [0.717, 1.165) is 18.2 Å². The first-order valence-electron chi connectivity index (χ1n) is 11.0. The van der Waals surface area contributed by atoms with Crippen LogP contribution in [0.15, 0.2) is 53.3 Å². The minimum atomic E-state index is -5.07. The van der Waals surface area contributed by atoms with Crippen molar-refractivity contribution >= 4 is 23.9 Å². The molecular formula is C23H20ClF6N5O4. The van der Waals surface area contributed by atoms with E-state index in [2.05, 4.69) is 15.7 Å².